The lowest BCUT2D eigenvalue weighted by atomic mass is 10.2. The summed E-state index contributed by atoms with van der Waals surface area (Å²) in [4.78, 5) is 7.14. The van der Waals surface area contributed by atoms with Gasteiger partial charge in [0.1, 0.15) is 0 Å². The summed E-state index contributed by atoms with van der Waals surface area (Å²) in [7, 11) is 0. The Kier molecular flexibility index (Phi) is 6.37. The maximum Gasteiger partial charge on any atom is 0.191 e. The molecular formula is C18H27BrN4O. The summed E-state index contributed by atoms with van der Waals surface area (Å²) in [6, 6.07) is 8.83. The Balaban J connectivity index is 1.55. The quantitative estimate of drug-likeness (QED) is 0.595. The molecular weight excluding hydrogens is 368 g/mol. The van der Waals surface area contributed by atoms with Crippen molar-refractivity contribution in [2.24, 2.45) is 4.99 Å². The molecule has 0 bridgehead atoms. The monoisotopic (exact) mass is 394 g/mol. The topological polar surface area (TPSA) is 48.9 Å². The Hall–Kier alpha value is -1.27. The van der Waals surface area contributed by atoms with E-state index < -0.39 is 0 Å². The first-order chi connectivity index (χ1) is 11.8. The second-order valence-electron chi connectivity index (χ2n) is 6.38. The lowest BCUT2D eigenvalue weighted by Gasteiger charge is -2.21. The summed E-state index contributed by atoms with van der Waals surface area (Å²) in [5, 5.41) is 6.94. The number of aliphatic imine (C=N–C) groups is 1. The first-order valence-electron chi connectivity index (χ1n) is 8.92. The Labute approximate surface area is 153 Å². The molecule has 2 N–H and O–H groups in total. The van der Waals surface area contributed by atoms with Gasteiger partial charge in [-0.2, -0.15) is 0 Å². The zero-order valence-electron chi connectivity index (χ0n) is 14.3. The molecule has 0 aliphatic carbocycles. The van der Waals surface area contributed by atoms with Crippen LogP contribution in [0.15, 0.2) is 33.7 Å². The van der Waals surface area contributed by atoms with E-state index in [4.69, 9.17) is 9.73 Å². The number of rotatable bonds is 5. The molecule has 24 heavy (non-hydrogen) atoms. The molecule has 1 aromatic rings. The summed E-state index contributed by atoms with van der Waals surface area (Å²) in [6.07, 6.45) is 3.70. The van der Waals surface area contributed by atoms with Crippen LogP contribution in [0, 0.1) is 0 Å². The zero-order valence-corrected chi connectivity index (χ0v) is 15.9. The second kappa shape index (κ2) is 8.72. The highest BCUT2D eigenvalue weighted by Gasteiger charge is 2.24. The van der Waals surface area contributed by atoms with E-state index in [0.717, 1.165) is 62.5 Å². The standard InChI is InChI=1S/C18H27BrN4O/c1-2-20-18(21-12-15-6-5-11-24-15)22-14-9-10-23(13-14)17-8-4-3-7-16(17)19/h3-4,7-8,14-15H,2,5-6,9-13H2,1H3,(H2,20,21,22). The van der Waals surface area contributed by atoms with E-state index in [1.54, 1.807) is 0 Å². The molecule has 0 saturated carbocycles. The molecule has 5 nitrogen and oxygen atoms in total. The van der Waals surface area contributed by atoms with Crippen molar-refractivity contribution in [3.8, 4) is 0 Å². The molecule has 2 unspecified atom stereocenters. The van der Waals surface area contributed by atoms with Crippen molar-refractivity contribution in [3.63, 3.8) is 0 Å². The highest BCUT2D eigenvalue weighted by molar-refractivity contribution is 9.10. The van der Waals surface area contributed by atoms with E-state index >= 15 is 0 Å². The van der Waals surface area contributed by atoms with Crippen LogP contribution in [-0.4, -0.2) is 50.9 Å². The number of anilines is 1. The van der Waals surface area contributed by atoms with Crippen molar-refractivity contribution in [2.45, 2.75) is 38.3 Å². The molecule has 0 aromatic heterocycles. The molecule has 1 aromatic carbocycles. The summed E-state index contributed by atoms with van der Waals surface area (Å²) in [6.45, 7) is 6.66. The second-order valence-corrected chi connectivity index (χ2v) is 7.24. The van der Waals surface area contributed by atoms with Crippen LogP contribution in [0.5, 0.6) is 0 Å². The normalized spacial score (nSPS) is 24.4. The van der Waals surface area contributed by atoms with Crippen molar-refractivity contribution >= 4 is 27.6 Å². The lowest BCUT2D eigenvalue weighted by Crippen LogP contribution is -2.45. The van der Waals surface area contributed by atoms with Gasteiger partial charge in [-0.15, -0.1) is 0 Å². The number of hydrogen-bond acceptors (Lipinski definition) is 3. The van der Waals surface area contributed by atoms with Gasteiger partial charge in [-0.05, 0) is 54.2 Å². The molecule has 3 rings (SSSR count). The fourth-order valence-corrected chi connectivity index (χ4v) is 3.84. The van der Waals surface area contributed by atoms with Gasteiger partial charge in [0.15, 0.2) is 5.96 Å². The van der Waals surface area contributed by atoms with Crippen molar-refractivity contribution in [1.29, 1.82) is 0 Å². The number of para-hydroxylation sites is 1. The Morgan fingerprint density at radius 1 is 1.38 bits per heavy atom. The summed E-state index contributed by atoms with van der Waals surface area (Å²) in [5.41, 5.74) is 1.27. The van der Waals surface area contributed by atoms with Gasteiger partial charge < -0.3 is 20.3 Å². The van der Waals surface area contributed by atoms with Gasteiger partial charge in [0.05, 0.1) is 18.3 Å². The number of nitrogens with zero attached hydrogens (tertiary/aromatic N) is 2. The van der Waals surface area contributed by atoms with E-state index in [1.807, 2.05) is 0 Å². The predicted molar refractivity (Wildman–Crippen MR) is 103 cm³/mol. The van der Waals surface area contributed by atoms with Crippen molar-refractivity contribution in [1.82, 2.24) is 10.6 Å². The third-order valence-corrected chi connectivity index (χ3v) is 5.21. The Morgan fingerprint density at radius 3 is 3.00 bits per heavy atom. The molecule has 0 radical (unpaired) electrons. The third kappa shape index (κ3) is 4.63. The number of hydrogen-bond donors (Lipinski definition) is 2. The van der Waals surface area contributed by atoms with Gasteiger partial charge in [0, 0.05) is 36.8 Å². The molecule has 132 valence electrons. The van der Waals surface area contributed by atoms with Gasteiger partial charge in [0.2, 0.25) is 0 Å². The molecule has 0 amide bonds. The minimum absolute atomic E-state index is 0.292. The maximum atomic E-state index is 5.66. The van der Waals surface area contributed by atoms with E-state index in [2.05, 4.69) is 62.7 Å². The average molecular weight is 395 g/mol. The third-order valence-electron chi connectivity index (χ3n) is 4.54. The zero-order chi connectivity index (χ0) is 16.8. The van der Waals surface area contributed by atoms with Gasteiger partial charge in [-0.25, -0.2) is 0 Å². The van der Waals surface area contributed by atoms with Crippen LogP contribution in [0.1, 0.15) is 26.2 Å². The Morgan fingerprint density at radius 2 is 2.25 bits per heavy atom. The predicted octanol–water partition coefficient (Wildman–Crippen LogP) is 2.76. The molecule has 2 aliphatic heterocycles. The van der Waals surface area contributed by atoms with Crippen LogP contribution in [-0.2, 0) is 4.74 Å². The molecule has 6 heteroatoms. The maximum absolute atomic E-state index is 5.66. The van der Waals surface area contributed by atoms with Crippen LogP contribution in [0.25, 0.3) is 0 Å². The minimum atomic E-state index is 0.292. The molecule has 2 saturated heterocycles. The number of nitrogens with one attached hydrogen (secondary N) is 2. The molecule has 0 spiro atoms. The first-order valence-corrected chi connectivity index (χ1v) is 9.71. The van der Waals surface area contributed by atoms with Gasteiger partial charge >= 0.3 is 0 Å². The molecule has 2 fully saturated rings. The van der Waals surface area contributed by atoms with Crippen molar-refractivity contribution in [3.05, 3.63) is 28.7 Å². The van der Waals surface area contributed by atoms with E-state index in [1.165, 1.54) is 5.69 Å². The van der Waals surface area contributed by atoms with Gasteiger partial charge in [-0.1, -0.05) is 12.1 Å². The number of ether oxygens (including phenoxy) is 1. The van der Waals surface area contributed by atoms with Crippen molar-refractivity contribution < 1.29 is 4.74 Å². The van der Waals surface area contributed by atoms with E-state index in [-0.39, 0.29) is 0 Å². The number of benzene rings is 1. The fraction of sp³-hybridized carbons (Fsp3) is 0.611. The van der Waals surface area contributed by atoms with Crippen LogP contribution in [0.4, 0.5) is 5.69 Å². The molecule has 2 atom stereocenters. The number of guanidine groups is 1. The molecule has 2 aliphatic rings. The molecule has 2 heterocycles. The van der Waals surface area contributed by atoms with Crippen LogP contribution in [0.2, 0.25) is 0 Å². The van der Waals surface area contributed by atoms with Crippen LogP contribution in [0.3, 0.4) is 0 Å². The summed E-state index contributed by atoms with van der Waals surface area (Å²) in [5.74, 6) is 0.909. The number of halogens is 1. The SMILES string of the molecule is CCNC(=NCC1CCCO1)NC1CCN(c2ccccc2Br)C1. The summed E-state index contributed by atoms with van der Waals surface area (Å²) >= 11 is 3.65. The van der Waals surface area contributed by atoms with Gasteiger partial charge in [0.25, 0.3) is 0 Å². The largest absolute Gasteiger partial charge is 0.376 e. The Bertz CT molecular complexity index is 560. The lowest BCUT2D eigenvalue weighted by molar-refractivity contribution is 0.117. The van der Waals surface area contributed by atoms with E-state index in [9.17, 15) is 0 Å². The fourth-order valence-electron chi connectivity index (χ4n) is 3.30. The first kappa shape index (κ1) is 17.5. The minimum Gasteiger partial charge on any atom is -0.376 e. The highest BCUT2D eigenvalue weighted by Crippen LogP contribution is 2.28. The summed E-state index contributed by atoms with van der Waals surface area (Å²) < 4.78 is 6.82. The van der Waals surface area contributed by atoms with Gasteiger partial charge in [-0.3, -0.25) is 4.99 Å². The van der Waals surface area contributed by atoms with Crippen molar-refractivity contribution in [2.75, 3.05) is 37.7 Å². The van der Waals surface area contributed by atoms with Crippen LogP contribution >= 0.6 is 15.9 Å². The average Bonchev–Trinajstić information content (AvgIpc) is 3.25. The highest BCUT2D eigenvalue weighted by atomic mass is 79.9. The smallest absolute Gasteiger partial charge is 0.191 e. The van der Waals surface area contributed by atoms with Crippen LogP contribution < -0.4 is 15.5 Å². The van der Waals surface area contributed by atoms with E-state index in [0.29, 0.717) is 12.1 Å².